The molecule has 0 bridgehead atoms. The Labute approximate surface area is 42.2 Å². The van der Waals surface area contributed by atoms with E-state index in [4.69, 9.17) is 9.79 Å². The molecule has 0 aliphatic rings. The van der Waals surface area contributed by atoms with Crippen LogP contribution in [0.15, 0.2) is 12.4 Å². The summed E-state index contributed by atoms with van der Waals surface area (Å²) in [6, 6.07) is 0. The van der Waals surface area contributed by atoms with Gasteiger partial charge in [-0.1, -0.05) is 0 Å². The average molecular weight is 124 g/mol. The van der Waals surface area contributed by atoms with E-state index in [9.17, 15) is 4.39 Å². The summed E-state index contributed by atoms with van der Waals surface area (Å²) >= 11 is 0. The van der Waals surface area contributed by atoms with Gasteiger partial charge in [-0.05, 0) is 6.08 Å². The fourth-order valence-electron chi connectivity index (χ4n) is 0.134. The fraction of sp³-hybridized carbons (Fsp3) is 0.333. The molecule has 0 aromatic rings. The summed E-state index contributed by atoms with van der Waals surface area (Å²) in [6.45, 7) is 0. The Kier molecular flexibility index (Phi) is 4.20. The summed E-state index contributed by atoms with van der Waals surface area (Å²) in [7, 11) is -1.93. The molecule has 2 nitrogen and oxygen atoms in total. The molecule has 0 saturated heterocycles. The van der Waals surface area contributed by atoms with E-state index in [-0.39, 0.29) is 6.16 Å². The standard InChI is InChI=1S/C3H6FO2P/c4-2-1-3-7(5)6/h1-2,5-6H,3H2. The monoisotopic (exact) mass is 124 g/mol. The lowest BCUT2D eigenvalue weighted by Gasteiger charge is -1.90. The van der Waals surface area contributed by atoms with E-state index < -0.39 is 8.38 Å². The number of halogens is 1. The van der Waals surface area contributed by atoms with Gasteiger partial charge >= 0.3 is 0 Å². The highest BCUT2D eigenvalue weighted by molar-refractivity contribution is 7.45. The molecular weight excluding hydrogens is 118 g/mol. The first-order valence-corrected chi connectivity index (χ1v) is 3.11. The Hall–Kier alpha value is 0.0200. The van der Waals surface area contributed by atoms with Crippen LogP contribution in [0.1, 0.15) is 0 Å². The molecule has 0 heterocycles. The van der Waals surface area contributed by atoms with Crippen molar-refractivity contribution >= 4 is 8.38 Å². The average Bonchev–Trinajstić information content (AvgIpc) is 1.61. The molecule has 0 fully saturated rings. The maximum atomic E-state index is 11.0. The molecule has 0 amide bonds. The maximum Gasteiger partial charge on any atom is 0.169 e. The van der Waals surface area contributed by atoms with E-state index in [1.54, 1.807) is 0 Å². The molecule has 0 aliphatic carbocycles. The van der Waals surface area contributed by atoms with E-state index in [0.29, 0.717) is 6.33 Å². The molecule has 4 heteroatoms. The van der Waals surface area contributed by atoms with Gasteiger partial charge in [0.05, 0.1) is 6.33 Å². The Bertz CT molecular complexity index is 64.0. The molecule has 0 radical (unpaired) electrons. The molecule has 0 aliphatic heterocycles. The number of hydrogen-bond donors (Lipinski definition) is 2. The quantitative estimate of drug-likeness (QED) is 0.533. The first-order valence-electron chi connectivity index (χ1n) is 1.68. The highest BCUT2D eigenvalue weighted by Gasteiger charge is 1.89. The van der Waals surface area contributed by atoms with Crippen LogP contribution in [-0.2, 0) is 0 Å². The zero-order chi connectivity index (χ0) is 5.70. The Morgan fingerprint density at radius 2 is 2.14 bits per heavy atom. The predicted molar refractivity (Wildman–Crippen MR) is 26.5 cm³/mol. The van der Waals surface area contributed by atoms with Gasteiger partial charge in [-0.25, -0.2) is 4.39 Å². The van der Waals surface area contributed by atoms with Crippen LogP contribution in [0.2, 0.25) is 0 Å². The molecule has 42 valence electrons. The molecule has 0 unspecified atom stereocenters. The Morgan fingerprint density at radius 3 is 2.29 bits per heavy atom. The third-order valence-electron chi connectivity index (χ3n) is 0.358. The van der Waals surface area contributed by atoms with Gasteiger partial charge in [0.15, 0.2) is 8.38 Å². The van der Waals surface area contributed by atoms with Crippen LogP contribution in [0.4, 0.5) is 4.39 Å². The van der Waals surface area contributed by atoms with Crippen LogP contribution < -0.4 is 0 Å². The van der Waals surface area contributed by atoms with Crippen molar-refractivity contribution in [2.75, 3.05) is 6.16 Å². The maximum absolute atomic E-state index is 11.0. The van der Waals surface area contributed by atoms with Crippen molar-refractivity contribution in [1.82, 2.24) is 0 Å². The van der Waals surface area contributed by atoms with Crippen LogP contribution in [0.25, 0.3) is 0 Å². The molecular formula is C3H6FO2P. The zero-order valence-electron chi connectivity index (χ0n) is 3.58. The molecule has 0 spiro atoms. The third-order valence-corrected chi connectivity index (χ3v) is 0.895. The SMILES string of the molecule is OP(O)CC=CF. The van der Waals surface area contributed by atoms with Gasteiger partial charge in [-0.15, -0.1) is 0 Å². The van der Waals surface area contributed by atoms with E-state index in [1.807, 2.05) is 0 Å². The minimum Gasteiger partial charge on any atom is -0.350 e. The highest BCUT2D eigenvalue weighted by atomic mass is 31.2. The smallest absolute Gasteiger partial charge is 0.169 e. The van der Waals surface area contributed by atoms with Gasteiger partial charge in [0.1, 0.15) is 0 Å². The molecule has 0 rings (SSSR count). The van der Waals surface area contributed by atoms with Gasteiger partial charge in [0.2, 0.25) is 0 Å². The fourth-order valence-corrected chi connectivity index (χ4v) is 0.402. The van der Waals surface area contributed by atoms with Crippen molar-refractivity contribution in [2.45, 2.75) is 0 Å². The first kappa shape index (κ1) is 7.02. The Balaban J connectivity index is 2.97. The van der Waals surface area contributed by atoms with E-state index in [2.05, 4.69) is 0 Å². The van der Waals surface area contributed by atoms with Crippen LogP contribution in [-0.4, -0.2) is 15.9 Å². The second kappa shape index (κ2) is 4.19. The van der Waals surface area contributed by atoms with Crippen molar-refractivity contribution in [3.05, 3.63) is 12.4 Å². The van der Waals surface area contributed by atoms with Crippen LogP contribution in [0, 0.1) is 0 Å². The largest absolute Gasteiger partial charge is 0.350 e. The normalized spacial score (nSPS) is 11.4. The second-order valence-corrected chi connectivity index (χ2v) is 2.03. The lowest BCUT2D eigenvalue weighted by molar-refractivity contribution is 0.486. The van der Waals surface area contributed by atoms with Gasteiger partial charge in [-0.2, -0.15) is 0 Å². The molecule has 0 aromatic heterocycles. The highest BCUT2D eigenvalue weighted by Crippen LogP contribution is 2.21. The summed E-state index contributed by atoms with van der Waals surface area (Å²) < 4.78 is 11.0. The molecule has 0 atom stereocenters. The van der Waals surface area contributed by atoms with Crippen molar-refractivity contribution in [1.29, 1.82) is 0 Å². The molecule has 0 saturated carbocycles. The van der Waals surface area contributed by atoms with E-state index in [0.717, 1.165) is 6.08 Å². The van der Waals surface area contributed by atoms with Gasteiger partial charge in [-0.3, -0.25) is 0 Å². The topological polar surface area (TPSA) is 40.5 Å². The summed E-state index contributed by atoms with van der Waals surface area (Å²) in [6.07, 6.45) is 1.37. The van der Waals surface area contributed by atoms with Crippen LogP contribution in [0.3, 0.4) is 0 Å². The third kappa shape index (κ3) is 6.02. The summed E-state index contributed by atoms with van der Waals surface area (Å²) in [4.78, 5) is 16.2. The Morgan fingerprint density at radius 1 is 1.57 bits per heavy atom. The second-order valence-electron chi connectivity index (χ2n) is 0.917. The van der Waals surface area contributed by atoms with Crippen molar-refractivity contribution in [3.8, 4) is 0 Å². The van der Waals surface area contributed by atoms with Crippen molar-refractivity contribution < 1.29 is 14.2 Å². The van der Waals surface area contributed by atoms with Crippen molar-refractivity contribution in [2.24, 2.45) is 0 Å². The zero-order valence-corrected chi connectivity index (χ0v) is 4.48. The van der Waals surface area contributed by atoms with E-state index in [1.165, 1.54) is 0 Å². The molecule has 7 heavy (non-hydrogen) atoms. The minimum absolute atomic E-state index is 0.0197. The minimum atomic E-state index is -1.93. The van der Waals surface area contributed by atoms with Gasteiger partial charge in [0.25, 0.3) is 0 Å². The predicted octanol–water partition coefficient (Wildman–Crippen LogP) is 0.766. The number of allylic oxidation sites excluding steroid dienone is 1. The van der Waals surface area contributed by atoms with Crippen LogP contribution in [0.5, 0.6) is 0 Å². The first-order chi connectivity index (χ1) is 3.27. The summed E-state index contributed by atoms with van der Waals surface area (Å²) in [5.41, 5.74) is 0. The number of hydrogen-bond acceptors (Lipinski definition) is 2. The van der Waals surface area contributed by atoms with Gasteiger partial charge in [0, 0.05) is 6.16 Å². The van der Waals surface area contributed by atoms with Crippen LogP contribution >= 0.6 is 8.38 Å². The summed E-state index contributed by atoms with van der Waals surface area (Å²) in [5, 5.41) is 0. The lowest BCUT2D eigenvalue weighted by Crippen LogP contribution is -1.71. The molecule has 0 aromatic carbocycles. The lowest BCUT2D eigenvalue weighted by atomic mass is 10.7. The molecule has 2 N–H and O–H groups in total. The summed E-state index contributed by atoms with van der Waals surface area (Å²) in [5.74, 6) is 0. The van der Waals surface area contributed by atoms with Gasteiger partial charge < -0.3 is 9.79 Å². The van der Waals surface area contributed by atoms with E-state index >= 15 is 0 Å². The number of rotatable bonds is 2. The van der Waals surface area contributed by atoms with Crippen molar-refractivity contribution in [3.63, 3.8) is 0 Å².